The summed E-state index contributed by atoms with van der Waals surface area (Å²) in [7, 11) is 0. The van der Waals surface area contributed by atoms with Gasteiger partial charge in [0.25, 0.3) is 0 Å². The molecule has 39 heavy (non-hydrogen) atoms. The van der Waals surface area contributed by atoms with E-state index < -0.39 is 0 Å². The molecule has 0 aliphatic carbocycles. The van der Waals surface area contributed by atoms with Crippen molar-refractivity contribution >= 4 is 29.3 Å². The van der Waals surface area contributed by atoms with E-state index in [1.54, 1.807) is 17.6 Å². The number of hydrogen-bond donors (Lipinski definition) is 1. The molecular weight excluding hydrogens is 506 g/mol. The van der Waals surface area contributed by atoms with Crippen LogP contribution in [0.4, 0.5) is 11.8 Å². The van der Waals surface area contributed by atoms with Gasteiger partial charge in [-0.1, -0.05) is 67.0 Å². The molecule has 0 amide bonds. The van der Waals surface area contributed by atoms with Crippen molar-refractivity contribution in [3.8, 4) is 0 Å². The van der Waals surface area contributed by atoms with Gasteiger partial charge in [0.05, 0.1) is 25.1 Å². The van der Waals surface area contributed by atoms with Gasteiger partial charge in [-0.3, -0.25) is 0 Å². The van der Waals surface area contributed by atoms with Gasteiger partial charge in [-0.25, -0.2) is 10.4 Å². The molecule has 3 heterocycles. The van der Waals surface area contributed by atoms with Crippen molar-refractivity contribution in [3.63, 3.8) is 0 Å². The van der Waals surface area contributed by atoms with Gasteiger partial charge < -0.3 is 9.64 Å². The van der Waals surface area contributed by atoms with Crippen LogP contribution in [0.25, 0.3) is 0 Å². The molecule has 1 aliphatic heterocycles. The number of hydrogen-bond acceptors (Lipinski definition) is 9. The van der Waals surface area contributed by atoms with E-state index >= 15 is 0 Å². The molecule has 1 N–H and O–H groups in total. The summed E-state index contributed by atoms with van der Waals surface area (Å²) in [4.78, 5) is 11.5. The average Bonchev–Trinajstić information content (AvgIpc) is 3.34. The third-order valence-corrected chi connectivity index (χ3v) is 6.23. The second-order valence-electron chi connectivity index (χ2n) is 9.07. The van der Waals surface area contributed by atoms with E-state index in [1.165, 1.54) is 16.7 Å². The maximum atomic E-state index is 5.46. The lowest BCUT2D eigenvalue weighted by atomic mass is 10.2. The molecule has 4 rings (SSSR count). The SMILES string of the molecule is C/C=C(/C)C=C(C)C.CC.Cc1cccc(/C=N/Nc2nc(Cc3nnc(C)s3)cc(N3CCOCC3)n2)c1. The zero-order valence-electron chi connectivity index (χ0n) is 24.7. The molecule has 9 heteroatoms. The minimum Gasteiger partial charge on any atom is -0.378 e. The summed E-state index contributed by atoms with van der Waals surface area (Å²) >= 11 is 1.58. The number of aromatic nitrogens is 4. The Labute approximate surface area is 238 Å². The third kappa shape index (κ3) is 11.9. The maximum Gasteiger partial charge on any atom is 0.245 e. The Hall–Kier alpha value is -3.43. The van der Waals surface area contributed by atoms with Crippen molar-refractivity contribution in [2.24, 2.45) is 5.10 Å². The fourth-order valence-corrected chi connectivity index (χ4v) is 4.32. The standard InChI is InChI=1S/C20H23N7OS.C8H14.C2H6/c1-14-4-3-5-16(10-14)13-21-26-20-22-17(12-19-25-24-15(2)29-19)11-18(23-20)27-6-8-28-9-7-27;1-5-8(4)6-7(2)3;1-2/h3-5,10-11,13H,6-9,12H2,1-2H3,(H,22,23,26);5-6H,1-4H3;1-2H3/b21-13+;8-5-;. The van der Waals surface area contributed by atoms with Crippen LogP contribution in [-0.4, -0.2) is 52.7 Å². The van der Waals surface area contributed by atoms with Crippen molar-refractivity contribution in [3.05, 3.63) is 80.5 Å². The molecule has 3 aromatic rings. The molecule has 210 valence electrons. The second kappa shape index (κ2) is 17.2. The van der Waals surface area contributed by atoms with Crippen LogP contribution in [0.5, 0.6) is 0 Å². The number of ether oxygens (including phenoxy) is 1. The summed E-state index contributed by atoms with van der Waals surface area (Å²) in [6.45, 7) is 19.4. The van der Waals surface area contributed by atoms with Crippen LogP contribution in [0.2, 0.25) is 0 Å². The number of benzene rings is 1. The molecular formula is C30H43N7OS. The number of nitrogens with one attached hydrogen (secondary N) is 1. The molecule has 0 radical (unpaired) electrons. The third-order valence-electron chi connectivity index (χ3n) is 5.39. The van der Waals surface area contributed by atoms with Crippen molar-refractivity contribution in [2.45, 2.75) is 61.8 Å². The highest BCUT2D eigenvalue weighted by molar-refractivity contribution is 7.11. The smallest absolute Gasteiger partial charge is 0.245 e. The zero-order chi connectivity index (χ0) is 28.6. The van der Waals surface area contributed by atoms with Crippen LogP contribution in [0.3, 0.4) is 0 Å². The Morgan fingerprint density at radius 2 is 1.82 bits per heavy atom. The van der Waals surface area contributed by atoms with E-state index in [4.69, 9.17) is 4.74 Å². The summed E-state index contributed by atoms with van der Waals surface area (Å²) in [6.07, 6.45) is 6.65. The summed E-state index contributed by atoms with van der Waals surface area (Å²) in [5.74, 6) is 1.34. The molecule has 0 bridgehead atoms. The molecule has 1 aromatic carbocycles. The van der Waals surface area contributed by atoms with Gasteiger partial charge in [-0.15, -0.1) is 21.5 Å². The molecule has 1 saturated heterocycles. The minimum absolute atomic E-state index is 0.467. The van der Waals surface area contributed by atoms with E-state index in [0.717, 1.165) is 40.2 Å². The van der Waals surface area contributed by atoms with Gasteiger partial charge in [0.1, 0.15) is 15.8 Å². The number of rotatable bonds is 7. The van der Waals surface area contributed by atoms with Gasteiger partial charge in [-0.05, 0) is 47.1 Å². The second-order valence-corrected chi connectivity index (χ2v) is 10.3. The van der Waals surface area contributed by atoms with Crippen LogP contribution in [0.15, 0.2) is 58.7 Å². The summed E-state index contributed by atoms with van der Waals surface area (Å²) in [5.41, 5.74) is 8.77. The van der Waals surface area contributed by atoms with E-state index in [9.17, 15) is 0 Å². The van der Waals surface area contributed by atoms with Gasteiger partial charge >= 0.3 is 0 Å². The number of nitrogens with zero attached hydrogens (tertiary/aromatic N) is 6. The monoisotopic (exact) mass is 549 g/mol. The number of hydrazone groups is 1. The lowest BCUT2D eigenvalue weighted by Gasteiger charge is -2.28. The van der Waals surface area contributed by atoms with Crippen LogP contribution in [0, 0.1) is 13.8 Å². The van der Waals surface area contributed by atoms with E-state index in [-0.39, 0.29) is 0 Å². The normalized spacial score (nSPS) is 13.2. The van der Waals surface area contributed by atoms with Gasteiger partial charge in [0.15, 0.2) is 0 Å². The van der Waals surface area contributed by atoms with Crippen molar-refractivity contribution < 1.29 is 4.74 Å². The first-order valence-electron chi connectivity index (χ1n) is 13.5. The first-order valence-corrected chi connectivity index (χ1v) is 14.3. The lowest BCUT2D eigenvalue weighted by molar-refractivity contribution is 0.122. The van der Waals surface area contributed by atoms with Crippen LogP contribution < -0.4 is 10.3 Å². The Morgan fingerprint density at radius 3 is 2.41 bits per heavy atom. The summed E-state index contributed by atoms with van der Waals surface area (Å²) in [6, 6.07) is 10.2. The molecule has 0 saturated carbocycles. The topological polar surface area (TPSA) is 88.4 Å². The van der Waals surface area contributed by atoms with Gasteiger partial charge in [0.2, 0.25) is 5.95 Å². The largest absolute Gasteiger partial charge is 0.378 e. The van der Waals surface area contributed by atoms with E-state index in [0.29, 0.717) is 25.6 Å². The number of aryl methyl sites for hydroxylation is 2. The highest BCUT2D eigenvalue weighted by Gasteiger charge is 2.16. The Morgan fingerprint density at radius 1 is 1.08 bits per heavy atom. The predicted octanol–water partition coefficient (Wildman–Crippen LogP) is 6.76. The maximum absolute atomic E-state index is 5.46. The van der Waals surface area contributed by atoms with E-state index in [2.05, 4.69) is 94.5 Å². The molecule has 8 nitrogen and oxygen atoms in total. The molecule has 0 spiro atoms. The van der Waals surface area contributed by atoms with Crippen LogP contribution in [-0.2, 0) is 11.2 Å². The van der Waals surface area contributed by atoms with Crippen molar-refractivity contribution in [1.29, 1.82) is 0 Å². The van der Waals surface area contributed by atoms with Crippen LogP contribution in [0.1, 0.15) is 68.4 Å². The zero-order valence-corrected chi connectivity index (χ0v) is 25.5. The number of allylic oxidation sites excluding steroid dienone is 4. The first kappa shape index (κ1) is 31.8. The molecule has 1 aliphatic rings. The summed E-state index contributed by atoms with van der Waals surface area (Å²) < 4.78 is 5.46. The average molecular weight is 550 g/mol. The highest BCUT2D eigenvalue weighted by Crippen LogP contribution is 2.20. The van der Waals surface area contributed by atoms with Gasteiger partial charge in [0, 0.05) is 25.6 Å². The predicted molar refractivity (Wildman–Crippen MR) is 165 cm³/mol. The summed E-state index contributed by atoms with van der Waals surface area (Å²) in [5, 5.41) is 14.5. The van der Waals surface area contributed by atoms with Crippen LogP contribution >= 0.6 is 11.3 Å². The number of anilines is 2. The quantitative estimate of drug-likeness (QED) is 0.198. The minimum atomic E-state index is 0.467. The fourth-order valence-electron chi connectivity index (χ4n) is 3.60. The molecule has 0 unspecified atom stereocenters. The van der Waals surface area contributed by atoms with Crippen molar-refractivity contribution in [2.75, 3.05) is 36.6 Å². The van der Waals surface area contributed by atoms with Gasteiger partial charge in [-0.2, -0.15) is 10.1 Å². The number of morpholine rings is 1. The molecule has 1 fully saturated rings. The fraction of sp³-hybridized carbons (Fsp3) is 0.433. The lowest BCUT2D eigenvalue weighted by Crippen LogP contribution is -2.37. The molecule has 0 atom stereocenters. The first-order chi connectivity index (χ1) is 18.8. The highest BCUT2D eigenvalue weighted by atomic mass is 32.1. The van der Waals surface area contributed by atoms with E-state index in [1.807, 2.05) is 39.0 Å². The Balaban J connectivity index is 0.000000460. The van der Waals surface area contributed by atoms with Crippen molar-refractivity contribution in [1.82, 2.24) is 20.2 Å². The Bertz CT molecular complexity index is 1240. The molecule has 2 aromatic heterocycles. The Kier molecular flexibility index (Phi) is 14.0.